The maximum Gasteiger partial charge on any atom is 0.243 e. The summed E-state index contributed by atoms with van der Waals surface area (Å²) >= 11 is 11.9. The van der Waals surface area contributed by atoms with Crippen molar-refractivity contribution in [1.82, 2.24) is 9.38 Å². The molecule has 0 unspecified atom stereocenters. The predicted octanol–water partition coefficient (Wildman–Crippen LogP) is 3.93. The summed E-state index contributed by atoms with van der Waals surface area (Å²) in [6, 6.07) is 10.4. The Bertz CT molecular complexity index is 751. The summed E-state index contributed by atoms with van der Waals surface area (Å²) < 4.78 is 7.45. The lowest BCUT2D eigenvalue weighted by Gasteiger charge is -2.05. The van der Waals surface area contributed by atoms with Gasteiger partial charge in [0.1, 0.15) is 17.1 Å². The number of benzene rings is 1. The van der Waals surface area contributed by atoms with Gasteiger partial charge in [0.05, 0.1) is 6.61 Å². The third kappa shape index (κ3) is 2.45. The second kappa shape index (κ2) is 5.32. The number of ether oxygens (including phenoxy) is 1. The van der Waals surface area contributed by atoms with Gasteiger partial charge in [0.2, 0.25) is 5.88 Å². The van der Waals surface area contributed by atoms with Gasteiger partial charge in [0, 0.05) is 16.2 Å². The van der Waals surface area contributed by atoms with Crippen LogP contribution < -0.4 is 4.74 Å². The number of imidazole rings is 1. The highest BCUT2D eigenvalue weighted by molar-refractivity contribution is 6.34. The zero-order valence-electron chi connectivity index (χ0n) is 10.3. The van der Waals surface area contributed by atoms with Crippen LogP contribution >= 0.6 is 23.2 Å². The summed E-state index contributed by atoms with van der Waals surface area (Å²) in [5.41, 5.74) is 1.26. The molecule has 0 fully saturated rings. The van der Waals surface area contributed by atoms with Crippen LogP contribution in [0.3, 0.4) is 0 Å². The van der Waals surface area contributed by atoms with Gasteiger partial charge < -0.3 is 9.84 Å². The maximum atomic E-state index is 9.50. The van der Waals surface area contributed by atoms with E-state index in [0.717, 1.165) is 0 Å². The lowest BCUT2D eigenvalue weighted by molar-refractivity contribution is 0.269. The van der Waals surface area contributed by atoms with Crippen LogP contribution in [0.4, 0.5) is 0 Å². The van der Waals surface area contributed by atoms with E-state index in [1.165, 1.54) is 0 Å². The summed E-state index contributed by atoms with van der Waals surface area (Å²) in [7, 11) is 0. The highest BCUT2D eigenvalue weighted by Crippen LogP contribution is 2.30. The van der Waals surface area contributed by atoms with Crippen LogP contribution in [-0.4, -0.2) is 14.5 Å². The van der Waals surface area contributed by atoms with Gasteiger partial charge in [0.25, 0.3) is 0 Å². The third-order valence-electron chi connectivity index (χ3n) is 2.79. The molecular weight excluding hydrogens is 299 g/mol. The Hall–Kier alpha value is -1.75. The minimum atomic E-state index is -0.186. The average Bonchev–Trinajstić information content (AvgIpc) is 2.74. The lowest BCUT2D eigenvalue weighted by atomic mass is 10.3. The first-order chi connectivity index (χ1) is 9.67. The van der Waals surface area contributed by atoms with Crippen molar-refractivity contribution in [1.29, 1.82) is 0 Å². The molecule has 0 aliphatic rings. The van der Waals surface area contributed by atoms with Gasteiger partial charge in [-0.15, -0.1) is 0 Å². The number of aliphatic hydroxyl groups excluding tert-OH is 1. The largest absolute Gasteiger partial charge is 0.437 e. The summed E-state index contributed by atoms with van der Waals surface area (Å²) in [6.45, 7) is -0.186. The van der Waals surface area contributed by atoms with E-state index in [2.05, 4.69) is 4.98 Å². The molecule has 3 aromatic rings. The molecule has 0 saturated carbocycles. The normalized spacial score (nSPS) is 10.9. The Labute approximate surface area is 125 Å². The van der Waals surface area contributed by atoms with Gasteiger partial charge in [-0.25, -0.2) is 0 Å². The Morgan fingerprint density at radius 1 is 1.15 bits per heavy atom. The number of pyridine rings is 1. The van der Waals surface area contributed by atoms with Gasteiger partial charge in [-0.1, -0.05) is 29.3 Å². The average molecular weight is 309 g/mol. The van der Waals surface area contributed by atoms with Crippen LogP contribution in [0, 0.1) is 0 Å². The highest BCUT2D eigenvalue weighted by Gasteiger charge is 2.13. The number of hydrogen-bond donors (Lipinski definition) is 1. The van der Waals surface area contributed by atoms with Gasteiger partial charge in [-0.2, -0.15) is 4.98 Å². The molecule has 20 heavy (non-hydrogen) atoms. The van der Waals surface area contributed by atoms with Crippen LogP contribution in [0.5, 0.6) is 11.6 Å². The molecule has 2 aromatic heterocycles. The fourth-order valence-electron chi connectivity index (χ4n) is 1.95. The molecule has 3 rings (SSSR count). The Kier molecular flexibility index (Phi) is 3.53. The standard InChI is InChI=1S/C14H10Cl2N2O2/c15-9-5-10(16)7-11(6-9)20-14-12(8-19)18-4-2-1-3-13(18)17-14/h1-7,19H,8H2. The van der Waals surface area contributed by atoms with E-state index in [-0.39, 0.29) is 6.61 Å². The number of hydrogen-bond acceptors (Lipinski definition) is 3. The number of rotatable bonds is 3. The van der Waals surface area contributed by atoms with Crippen molar-refractivity contribution >= 4 is 28.8 Å². The molecule has 1 N–H and O–H groups in total. The van der Waals surface area contributed by atoms with Crippen molar-refractivity contribution in [3.05, 3.63) is 58.3 Å². The fraction of sp³-hybridized carbons (Fsp3) is 0.0714. The molecular formula is C14H10Cl2N2O2. The minimum absolute atomic E-state index is 0.186. The van der Waals surface area contributed by atoms with Crippen molar-refractivity contribution in [3.8, 4) is 11.6 Å². The summed E-state index contributed by atoms with van der Waals surface area (Å²) in [4.78, 5) is 4.33. The first kappa shape index (κ1) is 13.2. The number of aromatic nitrogens is 2. The van der Waals surface area contributed by atoms with Gasteiger partial charge >= 0.3 is 0 Å². The SMILES string of the molecule is OCc1c(Oc2cc(Cl)cc(Cl)c2)nc2ccccn12. The first-order valence-electron chi connectivity index (χ1n) is 5.88. The molecule has 4 nitrogen and oxygen atoms in total. The topological polar surface area (TPSA) is 46.8 Å². The molecule has 0 saturated heterocycles. The minimum Gasteiger partial charge on any atom is -0.437 e. The number of aliphatic hydroxyl groups is 1. The van der Waals surface area contributed by atoms with E-state index < -0.39 is 0 Å². The van der Waals surface area contributed by atoms with Crippen molar-refractivity contribution in [2.75, 3.05) is 0 Å². The van der Waals surface area contributed by atoms with Gasteiger partial charge in [-0.3, -0.25) is 4.40 Å². The van der Waals surface area contributed by atoms with Crippen molar-refractivity contribution < 1.29 is 9.84 Å². The zero-order chi connectivity index (χ0) is 14.1. The number of nitrogens with zero attached hydrogens (tertiary/aromatic N) is 2. The van der Waals surface area contributed by atoms with Crippen LogP contribution in [0.1, 0.15) is 5.69 Å². The molecule has 6 heteroatoms. The molecule has 0 aliphatic heterocycles. The lowest BCUT2D eigenvalue weighted by Crippen LogP contribution is -1.94. The number of fused-ring (bicyclic) bond motifs is 1. The Morgan fingerprint density at radius 3 is 2.60 bits per heavy atom. The van der Waals surface area contributed by atoms with Crippen LogP contribution in [0.15, 0.2) is 42.6 Å². The van der Waals surface area contributed by atoms with E-state index >= 15 is 0 Å². The summed E-state index contributed by atoms with van der Waals surface area (Å²) in [6.07, 6.45) is 1.81. The molecule has 0 bridgehead atoms. The van der Waals surface area contributed by atoms with Crippen molar-refractivity contribution in [2.45, 2.75) is 6.61 Å². The monoisotopic (exact) mass is 308 g/mol. The third-order valence-corrected chi connectivity index (χ3v) is 3.23. The second-order valence-corrected chi connectivity index (χ2v) is 5.03. The van der Waals surface area contributed by atoms with Crippen LogP contribution in [0.25, 0.3) is 5.65 Å². The molecule has 2 heterocycles. The van der Waals surface area contributed by atoms with Crippen molar-refractivity contribution in [2.24, 2.45) is 0 Å². The highest BCUT2D eigenvalue weighted by atomic mass is 35.5. The number of halogens is 2. The first-order valence-corrected chi connectivity index (χ1v) is 6.64. The fourth-order valence-corrected chi connectivity index (χ4v) is 2.46. The summed E-state index contributed by atoms with van der Waals surface area (Å²) in [5, 5.41) is 10.4. The van der Waals surface area contributed by atoms with Gasteiger partial charge in [-0.05, 0) is 30.3 Å². The van der Waals surface area contributed by atoms with E-state index in [9.17, 15) is 5.11 Å². The molecule has 0 amide bonds. The predicted molar refractivity (Wildman–Crippen MR) is 77.7 cm³/mol. The Balaban J connectivity index is 2.05. The molecule has 0 spiro atoms. The van der Waals surface area contributed by atoms with E-state index in [1.807, 2.05) is 24.4 Å². The molecule has 0 radical (unpaired) electrons. The van der Waals surface area contributed by atoms with E-state index in [1.54, 1.807) is 22.6 Å². The summed E-state index contributed by atoms with van der Waals surface area (Å²) in [5.74, 6) is 0.803. The zero-order valence-corrected chi connectivity index (χ0v) is 11.8. The second-order valence-electron chi connectivity index (χ2n) is 4.16. The molecule has 102 valence electrons. The van der Waals surface area contributed by atoms with E-state index in [0.29, 0.717) is 33.0 Å². The van der Waals surface area contributed by atoms with Gasteiger partial charge in [0.15, 0.2) is 0 Å². The quantitative estimate of drug-likeness (QED) is 0.797. The maximum absolute atomic E-state index is 9.50. The molecule has 1 aromatic carbocycles. The molecule has 0 atom stereocenters. The Morgan fingerprint density at radius 2 is 1.90 bits per heavy atom. The van der Waals surface area contributed by atoms with Crippen LogP contribution in [-0.2, 0) is 6.61 Å². The van der Waals surface area contributed by atoms with E-state index in [4.69, 9.17) is 27.9 Å². The molecule has 0 aliphatic carbocycles. The van der Waals surface area contributed by atoms with Crippen LogP contribution in [0.2, 0.25) is 10.0 Å². The smallest absolute Gasteiger partial charge is 0.243 e. The van der Waals surface area contributed by atoms with Crippen molar-refractivity contribution in [3.63, 3.8) is 0 Å².